The van der Waals surface area contributed by atoms with E-state index in [9.17, 15) is 9.59 Å². The van der Waals surface area contributed by atoms with Gasteiger partial charge in [0.25, 0.3) is 5.91 Å². The fourth-order valence-electron chi connectivity index (χ4n) is 5.99. The van der Waals surface area contributed by atoms with Crippen LogP contribution in [0.15, 0.2) is 30.3 Å². The van der Waals surface area contributed by atoms with Gasteiger partial charge in [-0.2, -0.15) is 0 Å². The van der Waals surface area contributed by atoms with Crippen LogP contribution in [-0.4, -0.2) is 31.1 Å². The van der Waals surface area contributed by atoms with Crippen molar-refractivity contribution in [3.05, 3.63) is 30.3 Å². The molecule has 0 heterocycles. The number of para-hydroxylation sites is 1. The van der Waals surface area contributed by atoms with E-state index in [1.54, 1.807) is 12.1 Å². The minimum Gasteiger partial charge on any atom is -0.482 e. The second-order valence-electron chi connectivity index (χ2n) is 8.83. The molecule has 0 aromatic heterocycles. The molecule has 4 aliphatic carbocycles. The SMILES string of the molecule is C[C@H](NC(=O)COC(=O)COc1ccccc1)C12CC3CC(CC(C3)C1)C2. The van der Waals surface area contributed by atoms with Crippen molar-refractivity contribution in [1.29, 1.82) is 0 Å². The molecule has 1 N–H and O–H groups in total. The molecule has 27 heavy (non-hydrogen) atoms. The van der Waals surface area contributed by atoms with Crippen LogP contribution in [0, 0.1) is 23.2 Å². The highest BCUT2D eigenvalue weighted by atomic mass is 16.6. The van der Waals surface area contributed by atoms with Crippen molar-refractivity contribution in [2.24, 2.45) is 23.2 Å². The number of hydrogen-bond acceptors (Lipinski definition) is 4. The lowest BCUT2D eigenvalue weighted by Gasteiger charge is -2.59. The number of amides is 1. The number of esters is 1. The van der Waals surface area contributed by atoms with Crippen molar-refractivity contribution in [2.45, 2.75) is 51.5 Å². The fourth-order valence-corrected chi connectivity index (χ4v) is 5.99. The van der Waals surface area contributed by atoms with Gasteiger partial charge in [0.05, 0.1) is 0 Å². The molecule has 4 bridgehead atoms. The van der Waals surface area contributed by atoms with Crippen LogP contribution in [0.4, 0.5) is 0 Å². The summed E-state index contributed by atoms with van der Waals surface area (Å²) in [7, 11) is 0. The second kappa shape index (κ2) is 7.53. The zero-order valence-corrected chi connectivity index (χ0v) is 16.0. The van der Waals surface area contributed by atoms with Crippen molar-refractivity contribution in [2.75, 3.05) is 13.2 Å². The molecule has 4 fully saturated rings. The summed E-state index contributed by atoms with van der Waals surface area (Å²) in [6.07, 6.45) is 7.89. The van der Waals surface area contributed by atoms with Crippen LogP contribution in [0.5, 0.6) is 5.75 Å². The second-order valence-corrected chi connectivity index (χ2v) is 8.83. The van der Waals surface area contributed by atoms with Gasteiger partial charge in [-0.3, -0.25) is 4.79 Å². The largest absolute Gasteiger partial charge is 0.482 e. The minimum absolute atomic E-state index is 0.137. The Labute approximate surface area is 160 Å². The summed E-state index contributed by atoms with van der Waals surface area (Å²) in [5.41, 5.74) is 0.255. The summed E-state index contributed by atoms with van der Waals surface area (Å²) in [5.74, 6) is 2.41. The third-order valence-corrected chi connectivity index (χ3v) is 6.85. The summed E-state index contributed by atoms with van der Waals surface area (Å²) >= 11 is 0. The van der Waals surface area contributed by atoms with Gasteiger partial charge in [-0.05, 0) is 80.8 Å². The van der Waals surface area contributed by atoms with E-state index in [1.165, 1.54) is 38.5 Å². The molecule has 5 heteroatoms. The quantitative estimate of drug-likeness (QED) is 0.747. The van der Waals surface area contributed by atoms with Gasteiger partial charge >= 0.3 is 5.97 Å². The molecule has 1 amide bonds. The van der Waals surface area contributed by atoms with Crippen molar-refractivity contribution >= 4 is 11.9 Å². The van der Waals surface area contributed by atoms with E-state index in [0.717, 1.165) is 17.8 Å². The van der Waals surface area contributed by atoms with Crippen LogP contribution in [0.3, 0.4) is 0 Å². The first-order valence-electron chi connectivity index (χ1n) is 10.2. The number of carbonyl (C=O) groups is 2. The molecule has 0 saturated heterocycles. The topological polar surface area (TPSA) is 64.6 Å². The van der Waals surface area contributed by atoms with E-state index >= 15 is 0 Å². The van der Waals surface area contributed by atoms with Crippen LogP contribution in [-0.2, 0) is 14.3 Å². The zero-order chi connectivity index (χ0) is 18.9. The first-order valence-corrected chi connectivity index (χ1v) is 10.2. The van der Waals surface area contributed by atoms with Crippen LogP contribution in [0.25, 0.3) is 0 Å². The average Bonchev–Trinajstić information content (AvgIpc) is 2.64. The van der Waals surface area contributed by atoms with Gasteiger partial charge < -0.3 is 14.8 Å². The van der Waals surface area contributed by atoms with Crippen LogP contribution in [0.1, 0.15) is 45.4 Å². The molecule has 0 radical (unpaired) electrons. The molecule has 0 unspecified atom stereocenters. The summed E-state index contributed by atoms with van der Waals surface area (Å²) in [6, 6.07) is 9.22. The maximum absolute atomic E-state index is 12.3. The maximum atomic E-state index is 12.3. The minimum atomic E-state index is -0.531. The Morgan fingerprint density at radius 1 is 1.04 bits per heavy atom. The zero-order valence-electron chi connectivity index (χ0n) is 16.0. The molecule has 0 spiro atoms. The van der Waals surface area contributed by atoms with Gasteiger partial charge in [0.2, 0.25) is 0 Å². The number of rotatable bonds is 7. The van der Waals surface area contributed by atoms with Gasteiger partial charge in [-0.1, -0.05) is 18.2 Å². The average molecular weight is 371 g/mol. The lowest BCUT2D eigenvalue weighted by molar-refractivity contribution is -0.151. The molecule has 5 nitrogen and oxygen atoms in total. The molecule has 1 aromatic rings. The first kappa shape index (κ1) is 18.3. The van der Waals surface area contributed by atoms with Crippen LogP contribution in [0.2, 0.25) is 0 Å². The van der Waals surface area contributed by atoms with E-state index in [2.05, 4.69) is 12.2 Å². The summed E-state index contributed by atoms with van der Waals surface area (Å²) in [4.78, 5) is 24.1. The smallest absolute Gasteiger partial charge is 0.344 e. The monoisotopic (exact) mass is 371 g/mol. The summed E-state index contributed by atoms with van der Waals surface area (Å²) in [6.45, 7) is 1.70. The third-order valence-electron chi connectivity index (χ3n) is 6.85. The Kier molecular flexibility index (Phi) is 5.11. The van der Waals surface area contributed by atoms with Gasteiger partial charge in [0.15, 0.2) is 13.2 Å². The molecule has 5 rings (SSSR count). The summed E-state index contributed by atoms with van der Waals surface area (Å²) in [5, 5.41) is 3.11. The van der Waals surface area contributed by atoms with E-state index in [0.29, 0.717) is 5.75 Å². The highest BCUT2D eigenvalue weighted by molar-refractivity contribution is 5.81. The number of carbonyl (C=O) groups excluding carboxylic acids is 2. The van der Waals surface area contributed by atoms with E-state index in [-0.39, 0.29) is 30.6 Å². The highest BCUT2D eigenvalue weighted by Gasteiger charge is 2.53. The highest BCUT2D eigenvalue weighted by Crippen LogP contribution is 2.61. The Balaban J connectivity index is 1.22. The summed E-state index contributed by atoms with van der Waals surface area (Å²) < 4.78 is 10.4. The number of hydrogen-bond donors (Lipinski definition) is 1. The molecule has 4 saturated carbocycles. The normalized spacial score (nSPS) is 32.0. The first-order chi connectivity index (χ1) is 13.0. The predicted octanol–water partition coefficient (Wildman–Crippen LogP) is 3.33. The van der Waals surface area contributed by atoms with Gasteiger partial charge in [0.1, 0.15) is 5.75 Å². The van der Waals surface area contributed by atoms with E-state index < -0.39 is 5.97 Å². The van der Waals surface area contributed by atoms with E-state index in [1.807, 2.05) is 18.2 Å². The lowest BCUT2D eigenvalue weighted by atomic mass is 9.48. The molecule has 1 aromatic carbocycles. The maximum Gasteiger partial charge on any atom is 0.344 e. The van der Waals surface area contributed by atoms with Crippen molar-refractivity contribution in [1.82, 2.24) is 5.32 Å². The number of benzene rings is 1. The number of ether oxygens (including phenoxy) is 2. The van der Waals surface area contributed by atoms with Crippen LogP contribution >= 0.6 is 0 Å². The predicted molar refractivity (Wildman–Crippen MR) is 101 cm³/mol. The standard InChI is InChI=1S/C22H29NO4/c1-15(22-10-16-7-17(11-22)9-18(8-16)12-22)23-20(24)13-27-21(25)14-26-19-5-3-2-4-6-19/h2-6,15-18H,7-14H2,1H3,(H,23,24)/t15-,16?,17?,18?,22?/m0/s1. The molecule has 4 aliphatic rings. The molecular formula is C22H29NO4. The van der Waals surface area contributed by atoms with Gasteiger partial charge in [-0.25, -0.2) is 4.79 Å². The van der Waals surface area contributed by atoms with E-state index in [4.69, 9.17) is 9.47 Å². The Morgan fingerprint density at radius 3 is 2.22 bits per heavy atom. The van der Waals surface area contributed by atoms with Crippen molar-refractivity contribution in [3.63, 3.8) is 0 Å². The molecule has 146 valence electrons. The molecule has 1 atom stereocenters. The Bertz CT molecular complexity index is 652. The molecule has 0 aliphatic heterocycles. The van der Waals surface area contributed by atoms with Gasteiger partial charge in [-0.15, -0.1) is 0 Å². The third kappa shape index (κ3) is 4.12. The lowest BCUT2D eigenvalue weighted by Crippen LogP contribution is -2.56. The molecular weight excluding hydrogens is 342 g/mol. The number of nitrogens with one attached hydrogen (secondary N) is 1. The van der Waals surface area contributed by atoms with Gasteiger partial charge in [0, 0.05) is 6.04 Å². The Morgan fingerprint density at radius 2 is 1.63 bits per heavy atom. The Hall–Kier alpha value is -2.04. The van der Waals surface area contributed by atoms with Crippen molar-refractivity contribution in [3.8, 4) is 5.75 Å². The van der Waals surface area contributed by atoms with Crippen molar-refractivity contribution < 1.29 is 19.1 Å². The fraction of sp³-hybridized carbons (Fsp3) is 0.636. The van der Waals surface area contributed by atoms with Crippen LogP contribution < -0.4 is 10.1 Å².